The number of methoxy groups -OCH3 is 2. The minimum absolute atomic E-state index is 0.0975. The Morgan fingerprint density at radius 3 is 2.47 bits per heavy atom. The van der Waals surface area contributed by atoms with Gasteiger partial charge in [0, 0.05) is 23.9 Å². The van der Waals surface area contributed by atoms with Crippen molar-refractivity contribution in [3.63, 3.8) is 0 Å². The Morgan fingerprint density at radius 1 is 1.24 bits per heavy atom. The molecule has 0 atom stereocenters. The minimum Gasteiger partial charge on any atom is -0.497 e. The van der Waals surface area contributed by atoms with E-state index in [-0.39, 0.29) is 5.78 Å². The Morgan fingerprint density at radius 2 is 1.94 bits per heavy atom. The lowest BCUT2D eigenvalue weighted by Gasteiger charge is -2.04. The number of ether oxygens (including phenoxy) is 2. The highest BCUT2D eigenvalue weighted by Gasteiger charge is 2.18. The fraction of sp³-hybridized carbons (Fsp3) is 0.308. The Hall–Kier alpha value is -1.97. The van der Waals surface area contributed by atoms with Crippen LogP contribution in [0.15, 0.2) is 16.5 Å². The number of furan rings is 1. The smallest absolute Gasteiger partial charge is 0.195 e. The fourth-order valence-electron chi connectivity index (χ4n) is 1.87. The first-order valence-electron chi connectivity index (χ1n) is 5.24. The zero-order valence-corrected chi connectivity index (χ0v) is 10.3. The predicted octanol–water partition coefficient (Wildman–Crippen LogP) is 2.96. The van der Waals surface area contributed by atoms with Crippen LogP contribution in [0.3, 0.4) is 0 Å². The molecule has 0 amide bonds. The first-order chi connectivity index (χ1) is 8.08. The highest BCUT2D eigenvalue weighted by atomic mass is 16.5. The second-order valence-corrected chi connectivity index (χ2v) is 3.82. The van der Waals surface area contributed by atoms with Gasteiger partial charge in [0.15, 0.2) is 22.9 Å². The number of hydrogen-bond donors (Lipinski definition) is 0. The normalized spacial score (nSPS) is 10.6. The van der Waals surface area contributed by atoms with Gasteiger partial charge in [0.25, 0.3) is 0 Å². The lowest BCUT2D eigenvalue weighted by Crippen LogP contribution is -1.90. The molecule has 90 valence electrons. The molecule has 0 fully saturated rings. The van der Waals surface area contributed by atoms with Crippen molar-refractivity contribution in [1.82, 2.24) is 0 Å². The first-order valence-corrected chi connectivity index (χ1v) is 5.24. The van der Waals surface area contributed by atoms with Crippen LogP contribution in [0.25, 0.3) is 11.0 Å². The van der Waals surface area contributed by atoms with E-state index in [4.69, 9.17) is 13.9 Å². The van der Waals surface area contributed by atoms with Crippen LogP contribution in [-0.4, -0.2) is 20.0 Å². The molecule has 0 aliphatic rings. The van der Waals surface area contributed by atoms with Gasteiger partial charge in [0.2, 0.25) is 0 Å². The molecule has 2 aromatic rings. The topological polar surface area (TPSA) is 48.7 Å². The molecular weight excluding hydrogens is 220 g/mol. The molecule has 0 aliphatic heterocycles. The van der Waals surface area contributed by atoms with Crippen LogP contribution in [-0.2, 0) is 0 Å². The Kier molecular flexibility index (Phi) is 2.79. The molecule has 4 heteroatoms. The van der Waals surface area contributed by atoms with Crippen LogP contribution in [0.4, 0.5) is 0 Å². The zero-order chi connectivity index (χ0) is 12.6. The van der Waals surface area contributed by atoms with Gasteiger partial charge in [0.1, 0.15) is 5.75 Å². The Labute approximate surface area is 99.1 Å². The minimum atomic E-state index is -0.0975. The third-order valence-electron chi connectivity index (χ3n) is 2.75. The van der Waals surface area contributed by atoms with Crippen LogP contribution in [0, 0.1) is 6.92 Å². The summed E-state index contributed by atoms with van der Waals surface area (Å²) in [5, 5.41) is 0.839. The number of fused-ring (bicyclic) bond motifs is 1. The molecule has 0 bridgehead atoms. The van der Waals surface area contributed by atoms with Gasteiger partial charge in [0.05, 0.1) is 14.2 Å². The molecule has 1 aromatic carbocycles. The van der Waals surface area contributed by atoms with Crippen molar-refractivity contribution in [1.29, 1.82) is 0 Å². The van der Waals surface area contributed by atoms with Gasteiger partial charge >= 0.3 is 0 Å². The summed E-state index contributed by atoms with van der Waals surface area (Å²) in [6.45, 7) is 3.33. The number of ketones is 1. The lowest BCUT2D eigenvalue weighted by atomic mass is 10.1. The molecule has 17 heavy (non-hydrogen) atoms. The van der Waals surface area contributed by atoms with E-state index in [1.807, 2.05) is 13.0 Å². The number of carbonyl (C=O) groups is 1. The molecule has 0 aliphatic carbocycles. The van der Waals surface area contributed by atoms with Crippen LogP contribution in [0.2, 0.25) is 0 Å². The molecule has 1 aromatic heterocycles. The number of hydrogen-bond acceptors (Lipinski definition) is 4. The Balaban J connectivity index is 2.81. The summed E-state index contributed by atoms with van der Waals surface area (Å²) in [5.74, 6) is 1.51. The van der Waals surface area contributed by atoms with E-state index < -0.39 is 0 Å². The van der Waals surface area contributed by atoms with E-state index in [2.05, 4.69) is 0 Å². The number of benzene rings is 1. The summed E-state index contributed by atoms with van der Waals surface area (Å²) in [4.78, 5) is 11.4. The van der Waals surface area contributed by atoms with E-state index >= 15 is 0 Å². The molecule has 0 spiro atoms. The summed E-state index contributed by atoms with van der Waals surface area (Å²) < 4.78 is 16.0. The van der Waals surface area contributed by atoms with E-state index in [9.17, 15) is 4.79 Å². The van der Waals surface area contributed by atoms with E-state index in [0.29, 0.717) is 22.8 Å². The van der Waals surface area contributed by atoms with Gasteiger partial charge in [-0.15, -0.1) is 0 Å². The van der Waals surface area contributed by atoms with Crippen molar-refractivity contribution < 1.29 is 18.7 Å². The monoisotopic (exact) mass is 234 g/mol. The van der Waals surface area contributed by atoms with Crippen molar-refractivity contribution >= 4 is 16.8 Å². The lowest BCUT2D eigenvalue weighted by molar-refractivity contribution is 0.0988. The summed E-state index contributed by atoms with van der Waals surface area (Å²) in [5.41, 5.74) is 1.39. The van der Waals surface area contributed by atoms with Crippen molar-refractivity contribution in [2.24, 2.45) is 0 Å². The van der Waals surface area contributed by atoms with Crippen molar-refractivity contribution in [2.45, 2.75) is 13.8 Å². The maximum atomic E-state index is 11.4. The molecule has 0 saturated carbocycles. The average molecular weight is 234 g/mol. The molecule has 0 N–H and O–H groups in total. The zero-order valence-electron chi connectivity index (χ0n) is 10.3. The van der Waals surface area contributed by atoms with Crippen molar-refractivity contribution in [2.75, 3.05) is 14.2 Å². The predicted molar refractivity (Wildman–Crippen MR) is 64.1 cm³/mol. The summed E-state index contributed by atoms with van der Waals surface area (Å²) in [6, 6.07) is 3.57. The quantitative estimate of drug-likeness (QED) is 0.766. The standard InChI is InChI=1S/C13H14O4/c1-7-10-5-9(15-3)6-11(16-4)13(10)17-12(7)8(2)14/h5-6H,1-4H3. The van der Waals surface area contributed by atoms with Crippen molar-refractivity contribution in [3.8, 4) is 11.5 Å². The highest BCUT2D eigenvalue weighted by Crippen LogP contribution is 2.36. The van der Waals surface area contributed by atoms with Crippen molar-refractivity contribution in [3.05, 3.63) is 23.5 Å². The van der Waals surface area contributed by atoms with Gasteiger partial charge in [-0.05, 0) is 13.0 Å². The molecule has 1 heterocycles. The van der Waals surface area contributed by atoms with Gasteiger partial charge in [-0.25, -0.2) is 0 Å². The van der Waals surface area contributed by atoms with Crippen LogP contribution < -0.4 is 9.47 Å². The van der Waals surface area contributed by atoms with Crippen LogP contribution in [0.5, 0.6) is 11.5 Å². The van der Waals surface area contributed by atoms with Gasteiger partial charge < -0.3 is 13.9 Å². The van der Waals surface area contributed by atoms with Gasteiger partial charge in [-0.2, -0.15) is 0 Å². The summed E-state index contributed by atoms with van der Waals surface area (Å²) >= 11 is 0. The number of rotatable bonds is 3. The second-order valence-electron chi connectivity index (χ2n) is 3.82. The Bertz CT molecular complexity index is 581. The average Bonchev–Trinajstić information content (AvgIpc) is 2.66. The number of Topliss-reactive ketones (excluding diaryl/α,β-unsaturated/α-hetero) is 1. The summed E-state index contributed by atoms with van der Waals surface area (Å²) in [6.07, 6.45) is 0. The van der Waals surface area contributed by atoms with E-state index in [0.717, 1.165) is 10.9 Å². The molecular formula is C13H14O4. The molecule has 0 radical (unpaired) electrons. The molecule has 0 saturated heterocycles. The molecule has 0 unspecified atom stereocenters. The third-order valence-corrected chi connectivity index (χ3v) is 2.75. The molecule has 2 rings (SSSR count). The highest BCUT2D eigenvalue weighted by molar-refractivity contribution is 6.00. The SMILES string of the molecule is COc1cc(OC)c2oc(C(C)=O)c(C)c2c1. The maximum Gasteiger partial charge on any atom is 0.195 e. The first kappa shape index (κ1) is 11.5. The second kappa shape index (κ2) is 4.13. The van der Waals surface area contributed by atoms with Gasteiger partial charge in [-0.3, -0.25) is 4.79 Å². The summed E-state index contributed by atoms with van der Waals surface area (Å²) in [7, 11) is 3.14. The van der Waals surface area contributed by atoms with Crippen LogP contribution in [0.1, 0.15) is 23.0 Å². The van der Waals surface area contributed by atoms with E-state index in [1.165, 1.54) is 6.92 Å². The van der Waals surface area contributed by atoms with Crippen LogP contribution >= 0.6 is 0 Å². The third kappa shape index (κ3) is 1.75. The fourth-order valence-corrected chi connectivity index (χ4v) is 1.87. The largest absolute Gasteiger partial charge is 0.497 e. The maximum absolute atomic E-state index is 11.4. The molecule has 4 nitrogen and oxygen atoms in total. The van der Waals surface area contributed by atoms with E-state index in [1.54, 1.807) is 20.3 Å². The van der Waals surface area contributed by atoms with Gasteiger partial charge in [-0.1, -0.05) is 0 Å². The number of carbonyl (C=O) groups excluding carboxylic acids is 1. The number of aryl methyl sites for hydroxylation is 1.